The molecule has 0 saturated carbocycles. The van der Waals surface area contributed by atoms with Crippen LogP contribution >= 0.6 is 0 Å². The van der Waals surface area contributed by atoms with Crippen LogP contribution in [0.25, 0.3) is 0 Å². The van der Waals surface area contributed by atoms with E-state index in [1.54, 1.807) is 6.20 Å². The molecule has 0 fully saturated rings. The van der Waals surface area contributed by atoms with Crippen LogP contribution < -0.4 is 0 Å². The van der Waals surface area contributed by atoms with Gasteiger partial charge >= 0.3 is 0 Å². The van der Waals surface area contributed by atoms with Gasteiger partial charge in [-0.3, -0.25) is 0 Å². The van der Waals surface area contributed by atoms with Crippen molar-refractivity contribution in [2.45, 2.75) is 52.4 Å². The van der Waals surface area contributed by atoms with Crippen LogP contribution in [0.1, 0.15) is 49.1 Å². The zero-order valence-electron chi connectivity index (χ0n) is 16.1. The summed E-state index contributed by atoms with van der Waals surface area (Å²) in [6.07, 6.45) is 5.61. The zero-order valence-corrected chi connectivity index (χ0v) is 16.1. The van der Waals surface area contributed by atoms with Crippen LogP contribution in [-0.4, -0.2) is 9.55 Å². The van der Waals surface area contributed by atoms with Crippen LogP contribution in [-0.2, 0) is 23.3 Å². The molecule has 3 rings (SSSR count). The Morgan fingerprint density at radius 1 is 1.00 bits per heavy atom. The molecule has 0 saturated heterocycles. The van der Waals surface area contributed by atoms with Gasteiger partial charge in [0.1, 0.15) is 6.10 Å². The van der Waals surface area contributed by atoms with Gasteiger partial charge in [-0.15, -0.1) is 0 Å². The smallest absolute Gasteiger partial charge is 0.101 e. The fourth-order valence-corrected chi connectivity index (χ4v) is 2.92. The highest BCUT2D eigenvalue weighted by atomic mass is 16.5. The second-order valence-corrected chi connectivity index (χ2v) is 7.92. The number of imidazole rings is 1. The second-order valence-electron chi connectivity index (χ2n) is 7.92. The molecular formula is C23H28N2O. The van der Waals surface area contributed by atoms with Crippen molar-refractivity contribution in [3.8, 4) is 0 Å². The third-order valence-corrected chi connectivity index (χ3v) is 4.66. The first-order valence-corrected chi connectivity index (χ1v) is 9.15. The van der Waals surface area contributed by atoms with Crippen LogP contribution in [0.15, 0.2) is 67.3 Å². The maximum Gasteiger partial charge on any atom is 0.101 e. The first-order chi connectivity index (χ1) is 12.4. The number of benzene rings is 2. The quantitative estimate of drug-likeness (QED) is 0.592. The highest BCUT2D eigenvalue weighted by Crippen LogP contribution is 2.25. The molecule has 2 aromatic carbocycles. The maximum absolute atomic E-state index is 6.30. The molecule has 1 atom stereocenters. The highest BCUT2D eigenvalue weighted by molar-refractivity contribution is 5.27. The fraction of sp³-hybridized carbons (Fsp3) is 0.348. The van der Waals surface area contributed by atoms with Crippen molar-refractivity contribution in [2.24, 2.45) is 0 Å². The molecule has 136 valence electrons. The van der Waals surface area contributed by atoms with Crippen molar-refractivity contribution >= 4 is 0 Å². The summed E-state index contributed by atoms with van der Waals surface area (Å²) < 4.78 is 8.37. The van der Waals surface area contributed by atoms with E-state index in [-0.39, 0.29) is 11.5 Å². The van der Waals surface area contributed by atoms with Gasteiger partial charge in [-0.05, 0) is 29.0 Å². The lowest BCUT2D eigenvalue weighted by Gasteiger charge is -2.21. The number of hydrogen-bond acceptors (Lipinski definition) is 2. The number of hydrogen-bond donors (Lipinski definition) is 0. The Morgan fingerprint density at radius 3 is 2.27 bits per heavy atom. The van der Waals surface area contributed by atoms with Gasteiger partial charge < -0.3 is 9.30 Å². The Hall–Kier alpha value is -2.39. The number of nitrogens with zero attached hydrogens (tertiary/aromatic N) is 2. The molecule has 3 aromatic rings. The third-order valence-electron chi connectivity index (χ3n) is 4.66. The maximum atomic E-state index is 6.30. The Balaban J connectivity index is 1.72. The Labute approximate surface area is 156 Å². The van der Waals surface area contributed by atoms with E-state index in [1.165, 1.54) is 22.3 Å². The monoisotopic (exact) mass is 348 g/mol. The molecule has 1 aromatic heterocycles. The Morgan fingerprint density at radius 2 is 1.69 bits per heavy atom. The van der Waals surface area contributed by atoms with E-state index in [0.717, 1.165) is 6.54 Å². The molecule has 1 unspecified atom stereocenters. The summed E-state index contributed by atoms with van der Waals surface area (Å²) in [6.45, 7) is 10.2. The minimum atomic E-state index is -0.00732. The van der Waals surface area contributed by atoms with E-state index in [9.17, 15) is 0 Å². The van der Waals surface area contributed by atoms with Gasteiger partial charge in [0.15, 0.2) is 0 Å². The molecular weight excluding hydrogens is 320 g/mol. The average molecular weight is 348 g/mol. The molecule has 0 spiro atoms. The molecule has 26 heavy (non-hydrogen) atoms. The SMILES string of the molecule is Cc1ccc(C(Cn2ccnc2)OCc2ccc(C(C)(C)C)cc2)cc1. The molecule has 0 radical (unpaired) electrons. The van der Waals surface area contributed by atoms with Gasteiger partial charge in [0, 0.05) is 12.4 Å². The number of ether oxygens (including phenoxy) is 1. The topological polar surface area (TPSA) is 27.1 Å². The largest absolute Gasteiger partial charge is 0.367 e. The second kappa shape index (κ2) is 7.88. The van der Waals surface area contributed by atoms with E-state index < -0.39 is 0 Å². The minimum absolute atomic E-state index is 0.00732. The normalized spacial score (nSPS) is 12.9. The van der Waals surface area contributed by atoms with E-state index in [4.69, 9.17) is 4.74 Å². The van der Waals surface area contributed by atoms with Gasteiger partial charge in [-0.25, -0.2) is 4.98 Å². The molecule has 0 aliphatic rings. The van der Waals surface area contributed by atoms with Crippen LogP contribution in [0, 0.1) is 6.92 Å². The van der Waals surface area contributed by atoms with E-state index in [2.05, 4.69) is 85.8 Å². The van der Waals surface area contributed by atoms with Crippen molar-refractivity contribution in [2.75, 3.05) is 0 Å². The standard InChI is InChI=1S/C23H28N2O/c1-18-5-9-20(10-6-18)22(15-25-14-13-24-17-25)26-16-19-7-11-21(12-8-19)23(2,3)4/h5-14,17,22H,15-16H2,1-4H3. The molecule has 1 heterocycles. The predicted octanol–water partition coefficient (Wildman–Crippen LogP) is 5.45. The lowest BCUT2D eigenvalue weighted by molar-refractivity contribution is 0.0279. The van der Waals surface area contributed by atoms with Crippen LogP contribution in [0.5, 0.6) is 0 Å². The van der Waals surface area contributed by atoms with E-state index in [1.807, 2.05) is 12.5 Å². The highest BCUT2D eigenvalue weighted by Gasteiger charge is 2.15. The zero-order chi connectivity index (χ0) is 18.6. The van der Waals surface area contributed by atoms with Crippen LogP contribution in [0.3, 0.4) is 0 Å². The van der Waals surface area contributed by atoms with Crippen LogP contribution in [0.4, 0.5) is 0 Å². The van der Waals surface area contributed by atoms with E-state index >= 15 is 0 Å². The fourth-order valence-electron chi connectivity index (χ4n) is 2.92. The number of aryl methyl sites for hydroxylation is 1. The van der Waals surface area contributed by atoms with Crippen molar-refractivity contribution in [1.29, 1.82) is 0 Å². The Kier molecular flexibility index (Phi) is 5.58. The van der Waals surface area contributed by atoms with Crippen molar-refractivity contribution in [3.63, 3.8) is 0 Å². The summed E-state index contributed by atoms with van der Waals surface area (Å²) in [5, 5.41) is 0. The number of aromatic nitrogens is 2. The van der Waals surface area contributed by atoms with Gasteiger partial charge in [-0.2, -0.15) is 0 Å². The van der Waals surface area contributed by atoms with E-state index in [0.29, 0.717) is 6.61 Å². The minimum Gasteiger partial charge on any atom is -0.367 e. The lowest BCUT2D eigenvalue weighted by atomic mass is 9.87. The Bertz CT molecular complexity index is 797. The summed E-state index contributed by atoms with van der Waals surface area (Å²) in [4.78, 5) is 4.14. The summed E-state index contributed by atoms with van der Waals surface area (Å²) >= 11 is 0. The molecule has 0 aliphatic heterocycles. The summed E-state index contributed by atoms with van der Waals surface area (Å²) in [5.74, 6) is 0. The lowest BCUT2D eigenvalue weighted by Crippen LogP contribution is -2.13. The molecule has 3 nitrogen and oxygen atoms in total. The summed E-state index contributed by atoms with van der Waals surface area (Å²) in [6, 6.07) is 17.3. The van der Waals surface area contributed by atoms with Crippen molar-refractivity contribution in [3.05, 3.63) is 89.5 Å². The van der Waals surface area contributed by atoms with Crippen LogP contribution in [0.2, 0.25) is 0 Å². The first kappa shape index (κ1) is 18.4. The number of rotatable bonds is 6. The van der Waals surface area contributed by atoms with Gasteiger partial charge in [-0.1, -0.05) is 74.9 Å². The van der Waals surface area contributed by atoms with Gasteiger partial charge in [0.25, 0.3) is 0 Å². The third kappa shape index (κ3) is 4.83. The molecule has 0 N–H and O–H groups in total. The molecule has 0 amide bonds. The van der Waals surface area contributed by atoms with Crippen molar-refractivity contribution < 1.29 is 4.74 Å². The van der Waals surface area contributed by atoms with Gasteiger partial charge in [0.2, 0.25) is 0 Å². The molecule has 0 bridgehead atoms. The first-order valence-electron chi connectivity index (χ1n) is 9.15. The summed E-state index contributed by atoms with van der Waals surface area (Å²) in [7, 11) is 0. The molecule has 0 aliphatic carbocycles. The molecule has 3 heteroatoms. The van der Waals surface area contributed by atoms with Gasteiger partial charge in [0.05, 0.1) is 19.5 Å². The predicted molar refractivity (Wildman–Crippen MR) is 106 cm³/mol. The summed E-state index contributed by atoms with van der Waals surface area (Å²) in [5.41, 5.74) is 5.16. The van der Waals surface area contributed by atoms with Crippen molar-refractivity contribution in [1.82, 2.24) is 9.55 Å². The average Bonchev–Trinajstić information content (AvgIpc) is 3.12.